The Morgan fingerprint density at radius 3 is 2.43 bits per heavy atom. The van der Waals surface area contributed by atoms with Crippen LogP contribution in [-0.4, -0.2) is 66.1 Å². The number of carbonyl (C=O) groups excluding carboxylic acids is 2. The fourth-order valence-electron chi connectivity index (χ4n) is 1.36. The van der Waals surface area contributed by atoms with Crippen LogP contribution in [0.3, 0.4) is 0 Å². The maximum Gasteiger partial charge on any atom is 0.241 e. The Kier molecular flexibility index (Phi) is 3.84. The standard InChI is InChI=1S/C8H15N3O3/c9-7(5-12)8(14)11-3-1-10(6-13)2-4-11/h6-7,12H,1-5,9H2. The van der Waals surface area contributed by atoms with Crippen molar-refractivity contribution in [1.82, 2.24) is 9.80 Å². The summed E-state index contributed by atoms with van der Waals surface area (Å²) in [7, 11) is 0. The molecule has 6 heteroatoms. The first-order chi connectivity index (χ1) is 6.69. The first-order valence-electron chi connectivity index (χ1n) is 4.53. The van der Waals surface area contributed by atoms with Gasteiger partial charge in [0, 0.05) is 26.2 Å². The summed E-state index contributed by atoms with van der Waals surface area (Å²) in [6.45, 7) is 1.71. The number of hydrogen-bond acceptors (Lipinski definition) is 4. The largest absolute Gasteiger partial charge is 0.394 e. The molecule has 1 aliphatic heterocycles. The highest BCUT2D eigenvalue weighted by atomic mass is 16.3. The Labute approximate surface area is 82.3 Å². The quantitative estimate of drug-likeness (QED) is 0.499. The van der Waals surface area contributed by atoms with Gasteiger partial charge in [-0.25, -0.2) is 0 Å². The van der Waals surface area contributed by atoms with Gasteiger partial charge < -0.3 is 20.6 Å². The maximum absolute atomic E-state index is 11.5. The smallest absolute Gasteiger partial charge is 0.241 e. The minimum atomic E-state index is -0.835. The van der Waals surface area contributed by atoms with E-state index >= 15 is 0 Å². The zero-order valence-corrected chi connectivity index (χ0v) is 7.93. The molecule has 1 rings (SSSR count). The summed E-state index contributed by atoms with van der Waals surface area (Å²) in [5.74, 6) is -0.252. The molecule has 0 aromatic rings. The Balaban J connectivity index is 2.41. The molecule has 0 radical (unpaired) electrons. The van der Waals surface area contributed by atoms with Crippen LogP contribution in [0.1, 0.15) is 0 Å². The van der Waals surface area contributed by atoms with E-state index in [4.69, 9.17) is 10.8 Å². The molecule has 1 unspecified atom stereocenters. The number of hydrogen-bond donors (Lipinski definition) is 2. The number of nitrogens with two attached hydrogens (primary N) is 1. The lowest BCUT2D eigenvalue weighted by Crippen LogP contribution is -2.53. The van der Waals surface area contributed by atoms with Gasteiger partial charge in [-0.05, 0) is 0 Å². The Hall–Kier alpha value is -1.14. The highest BCUT2D eigenvalue weighted by molar-refractivity contribution is 5.81. The van der Waals surface area contributed by atoms with E-state index in [0.717, 1.165) is 6.41 Å². The molecule has 80 valence electrons. The van der Waals surface area contributed by atoms with Gasteiger partial charge in [0.2, 0.25) is 12.3 Å². The van der Waals surface area contributed by atoms with Crippen molar-refractivity contribution in [3.05, 3.63) is 0 Å². The SMILES string of the molecule is NC(CO)C(=O)N1CCN(C=O)CC1. The molecule has 1 heterocycles. The van der Waals surface area contributed by atoms with Gasteiger partial charge in [0.1, 0.15) is 6.04 Å². The Morgan fingerprint density at radius 2 is 2.00 bits per heavy atom. The van der Waals surface area contributed by atoms with Gasteiger partial charge in [0.05, 0.1) is 6.61 Å². The highest BCUT2D eigenvalue weighted by Crippen LogP contribution is 2.01. The van der Waals surface area contributed by atoms with Crippen molar-refractivity contribution in [2.24, 2.45) is 5.73 Å². The third-order valence-corrected chi connectivity index (χ3v) is 2.29. The monoisotopic (exact) mass is 201 g/mol. The van der Waals surface area contributed by atoms with Crippen LogP contribution in [0.2, 0.25) is 0 Å². The average molecular weight is 201 g/mol. The number of aliphatic hydroxyl groups is 1. The van der Waals surface area contributed by atoms with Crippen molar-refractivity contribution in [3.63, 3.8) is 0 Å². The summed E-state index contributed by atoms with van der Waals surface area (Å²) in [5.41, 5.74) is 5.39. The second-order valence-electron chi connectivity index (χ2n) is 3.26. The van der Waals surface area contributed by atoms with E-state index in [0.29, 0.717) is 26.2 Å². The molecule has 14 heavy (non-hydrogen) atoms. The first kappa shape index (κ1) is 10.9. The van der Waals surface area contributed by atoms with Gasteiger partial charge >= 0.3 is 0 Å². The molecule has 0 saturated carbocycles. The van der Waals surface area contributed by atoms with E-state index in [9.17, 15) is 9.59 Å². The van der Waals surface area contributed by atoms with Crippen LogP contribution >= 0.6 is 0 Å². The van der Waals surface area contributed by atoms with Crippen LogP contribution in [-0.2, 0) is 9.59 Å². The van der Waals surface area contributed by atoms with Crippen LogP contribution in [0, 0.1) is 0 Å². The van der Waals surface area contributed by atoms with Crippen molar-refractivity contribution in [3.8, 4) is 0 Å². The van der Waals surface area contributed by atoms with Crippen LogP contribution in [0.5, 0.6) is 0 Å². The van der Waals surface area contributed by atoms with Crippen molar-refractivity contribution >= 4 is 12.3 Å². The van der Waals surface area contributed by atoms with Crippen molar-refractivity contribution < 1.29 is 14.7 Å². The minimum Gasteiger partial charge on any atom is -0.394 e. The van der Waals surface area contributed by atoms with Crippen molar-refractivity contribution in [2.45, 2.75) is 6.04 Å². The molecule has 0 aromatic heterocycles. The van der Waals surface area contributed by atoms with E-state index in [-0.39, 0.29) is 12.5 Å². The van der Waals surface area contributed by atoms with E-state index in [1.54, 1.807) is 9.80 Å². The van der Waals surface area contributed by atoms with Gasteiger partial charge in [-0.15, -0.1) is 0 Å². The number of aliphatic hydroxyl groups excluding tert-OH is 1. The molecule has 2 amide bonds. The van der Waals surface area contributed by atoms with E-state index < -0.39 is 6.04 Å². The first-order valence-corrected chi connectivity index (χ1v) is 4.53. The molecule has 1 saturated heterocycles. The summed E-state index contributed by atoms with van der Waals surface area (Å²) < 4.78 is 0. The third kappa shape index (κ3) is 2.43. The maximum atomic E-state index is 11.5. The van der Waals surface area contributed by atoms with Gasteiger partial charge in [-0.2, -0.15) is 0 Å². The fourth-order valence-corrected chi connectivity index (χ4v) is 1.36. The van der Waals surface area contributed by atoms with Crippen LogP contribution in [0.4, 0.5) is 0 Å². The lowest BCUT2D eigenvalue weighted by Gasteiger charge is -2.33. The van der Waals surface area contributed by atoms with Gasteiger partial charge in [0.15, 0.2) is 0 Å². The number of piperazine rings is 1. The summed E-state index contributed by atoms with van der Waals surface area (Å²) in [4.78, 5) is 25.0. The zero-order chi connectivity index (χ0) is 10.6. The number of rotatable bonds is 3. The van der Waals surface area contributed by atoms with Crippen molar-refractivity contribution in [1.29, 1.82) is 0 Å². The van der Waals surface area contributed by atoms with Crippen LogP contribution in [0.25, 0.3) is 0 Å². The summed E-state index contributed by atoms with van der Waals surface area (Å²) in [6.07, 6.45) is 0.772. The average Bonchev–Trinajstić information content (AvgIpc) is 2.27. The molecule has 1 atom stereocenters. The van der Waals surface area contributed by atoms with Crippen LogP contribution < -0.4 is 5.73 Å². The van der Waals surface area contributed by atoms with E-state index in [1.807, 2.05) is 0 Å². The van der Waals surface area contributed by atoms with Gasteiger partial charge in [0.25, 0.3) is 0 Å². The second kappa shape index (κ2) is 4.92. The van der Waals surface area contributed by atoms with E-state index in [1.165, 1.54) is 0 Å². The van der Waals surface area contributed by atoms with Crippen molar-refractivity contribution in [2.75, 3.05) is 32.8 Å². The second-order valence-corrected chi connectivity index (χ2v) is 3.26. The molecule has 6 nitrogen and oxygen atoms in total. The molecule has 0 aliphatic carbocycles. The molecule has 1 aliphatic rings. The Bertz CT molecular complexity index is 214. The number of nitrogens with zero attached hydrogens (tertiary/aromatic N) is 2. The molecule has 1 fully saturated rings. The molecule has 0 aromatic carbocycles. The number of amides is 2. The van der Waals surface area contributed by atoms with Crippen LogP contribution in [0.15, 0.2) is 0 Å². The summed E-state index contributed by atoms with van der Waals surface area (Å²) in [6, 6.07) is -0.835. The molecule has 3 N–H and O–H groups in total. The Morgan fingerprint density at radius 1 is 1.43 bits per heavy atom. The molecular weight excluding hydrogens is 186 g/mol. The molecule has 0 spiro atoms. The predicted molar refractivity (Wildman–Crippen MR) is 49.3 cm³/mol. The predicted octanol–water partition coefficient (Wildman–Crippen LogP) is -2.39. The summed E-state index contributed by atoms with van der Waals surface area (Å²) >= 11 is 0. The zero-order valence-electron chi connectivity index (χ0n) is 7.93. The van der Waals surface area contributed by atoms with Gasteiger partial charge in [-0.3, -0.25) is 9.59 Å². The summed E-state index contributed by atoms with van der Waals surface area (Å²) in [5, 5.41) is 8.69. The minimum absolute atomic E-state index is 0.252. The highest BCUT2D eigenvalue weighted by Gasteiger charge is 2.23. The third-order valence-electron chi connectivity index (χ3n) is 2.29. The molecule has 0 bridgehead atoms. The topological polar surface area (TPSA) is 86.9 Å². The lowest BCUT2D eigenvalue weighted by molar-refractivity contribution is -0.137. The van der Waals surface area contributed by atoms with E-state index in [2.05, 4.69) is 0 Å². The van der Waals surface area contributed by atoms with Gasteiger partial charge in [-0.1, -0.05) is 0 Å². The number of carbonyl (C=O) groups is 2. The fraction of sp³-hybridized carbons (Fsp3) is 0.750. The molecular formula is C8H15N3O3. The lowest BCUT2D eigenvalue weighted by atomic mass is 10.2. The normalized spacial score (nSPS) is 19.3.